The molecule has 0 saturated carbocycles. The van der Waals surface area contributed by atoms with Crippen molar-refractivity contribution < 1.29 is 12.8 Å². The summed E-state index contributed by atoms with van der Waals surface area (Å²) in [7, 11) is -3.15. The summed E-state index contributed by atoms with van der Waals surface area (Å²) >= 11 is 0. The Bertz CT molecular complexity index is 848. The van der Waals surface area contributed by atoms with Crippen LogP contribution in [0.1, 0.15) is 18.9 Å². The molecule has 26 heavy (non-hydrogen) atoms. The second-order valence-corrected chi connectivity index (χ2v) is 7.79. The quantitative estimate of drug-likeness (QED) is 0.298. The van der Waals surface area contributed by atoms with Crippen LogP contribution in [0.5, 0.6) is 0 Å². The van der Waals surface area contributed by atoms with Gasteiger partial charge in [0.25, 0.3) is 0 Å². The molecule has 0 aliphatic carbocycles. The van der Waals surface area contributed by atoms with E-state index >= 15 is 0 Å². The van der Waals surface area contributed by atoms with Gasteiger partial charge in [0.05, 0.1) is 6.26 Å². The maximum absolute atomic E-state index is 13.4. The van der Waals surface area contributed by atoms with Crippen LogP contribution in [0.3, 0.4) is 0 Å². The van der Waals surface area contributed by atoms with Crippen molar-refractivity contribution in [2.45, 2.75) is 19.8 Å². The first-order valence-electron chi connectivity index (χ1n) is 8.61. The van der Waals surface area contributed by atoms with Crippen molar-refractivity contribution in [3.05, 3.63) is 35.8 Å². The molecule has 4 N–H and O–H groups in total. The molecule has 1 aromatic carbocycles. The summed E-state index contributed by atoms with van der Waals surface area (Å²) in [5, 5.41) is 7.28. The van der Waals surface area contributed by atoms with Gasteiger partial charge < -0.3 is 15.6 Å². The van der Waals surface area contributed by atoms with E-state index in [4.69, 9.17) is 0 Å². The van der Waals surface area contributed by atoms with E-state index in [9.17, 15) is 12.8 Å². The molecule has 0 radical (unpaired) electrons. The van der Waals surface area contributed by atoms with Crippen LogP contribution in [-0.4, -0.2) is 51.8 Å². The minimum absolute atomic E-state index is 0.246. The molecule has 0 aliphatic heterocycles. The highest BCUT2D eigenvalue weighted by molar-refractivity contribution is 7.88. The number of fused-ring (bicyclic) bond motifs is 1. The summed E-state index contributed by atoms with van der Waals surface area (Å²) in [4.78, 5) is 7.56. The Morgan fingerprint density at radius 2 is 2.08 bits per heavy atom. The Morgan fingerprint density at radius 3 is 2.81 bits per heavy atom. The van der Waals surface area contributed by atoms with E-state index in [1.54, 1.807) is 6.07 Å². The molecule has 0 spiro atoms. The van der Waals surface area contributed by atoms with Gasteiger partial charge in [-0.3, -0.25) is 4.99 Å². The van der Waals surface area contributed by atoms with Gasteiger partial charge in [0, 0.05) is 43.3 Å². The third-order valence-electron chi connectivity index (χ3n) is 3.73. The summed E-state index contributed by atoms with van der Waals surface area (Å²) < 4.78 is 37.9. The second-order valence-electron chi connectivity index (χ2n) is 5.96. The maximum Gasteiger partial charge on any atom is 0.208 e. The van der Waals surface area contributed by atoms with Gasteiger partial charge in [-0.25, -0.2) is 17.5 Å². The summed E-state index contributed by atoms with van der Waals surface area (Å²) in [6.45, 7) is 4.23. The highest BCUT2D eigenvalue weighted by Gasteiger charge is 2.05. The van der Waals surface area contributed by atoms with Crippen molar-refractivity contribution in [3.8, 4) is 0 Å². The van der Waals surface area contributed by atoms with Gasteiger partial charge in [0.1, 0.15) is 5.82 Å². The Balaban J connectivity index is 1.83. The van der Waals surface area contributed by atoms with Crippen molar-refractivity contribution in [3.63, 3.8) is 0 Å². The van der Waals surface area contributed by atoms with Crippen molar-refractivity contribution >= 4 is 26.9 Å². The van der Waals surface area contributed by atoms with Gasteiger partial charge in [-0.2, -0.15) is 0 Å². The van der Waals surface area contributed by atoms with Crippen LogP contribution in [0.15, 0.2) is 29.4 Å². The largest absolute Gasteiger partial charge is 0.361 e. The normalized spacial score (nSPS) is 12.5. The maximum atomic E-state index is 13.4. The molecule has 0 aliphatic rings. The first-order valence-corrected chi connectivity index (χ1v) is 10.5. The molecule has 144 valence electrons. The highest BCUT2D eigenvalue weighted by Crippen LogP contribution is 2.19. The van der Waals surface area contributed by atoms with Crippen LogP contribution in [0.2, 0.25) is 0 Å². The minimum atomic E-state index is -3.15. The minimum Gasteiger partial charge on any atom is -0.361 e. The SMILES string of the molecule is CCNC(=NCCCNS(C)(=O)=O)NCCc1c[nH]c2ccc(F)cc12. The lowest BCUT2D eigenvalue weighted by Gasteiger charge is -2.11. The van der Waals surface area contributed by atoms with Crippen molar-refractivity contribution in [2.24, 2.45) is 4.99 Å². The Morgan fingerprint density at radius 1 is 1.27 bits per heavy atom. The average molecular weight is 383 g/mol. The van der Waals surface area contributed by atoms with E-state index in [1.807, 2.05) is 13.1 Å². The molecule has 7 nitrogen and oxygen atoms in total. The van der Waals surface area contributed by atoms with Crippen LogP contribution in [0.25, 0.3) is 10.9 Å². The Kier molecular flexibility index (Phi) is 7.40. The Hall–Kier alpha value is -2.13. The zero-order valence-corrected chi connectivity index (χ0v) is 15.9. The van der Waals surface area contributed by atoms with Crippen molar-refractivity contribution in [1.29, 1.82) is 0 Å². The number of sulfonamides is 1. The molecule has 0 amide bonds. The first-order chi connectivity index (χ1) is 12.4. The predicted molar refractivity (Wildman–Crippen MR) is 103 cm³/mol. The van der Waals surface area contributed by atoms with Gasteiger partial charge in [-0.05, 0) is 43.5 Å². The molecule has 2 rings (SSSR count). The molecule has 2 aromatic rings. The van der Waals surface area contributed by atoms with Gasteiger partial charge in [-0.1, -0.05) is 0 Å². The van der Waals surface area contributed by atoms with E-state index in [-0.39, 0.29) is 5.82 Å². The topological polar surface area (TPSA) is 98.4 Å². The number of aromatic nitrogens is 1. The molecule has 0 atom stereocenters. The number of guanidine groups is 1. The van der Waals surface area contributed by atoms with Crippen LogP contribution in [0.4, 0.5) is 4.39 Å². The molecule has 9 heteroatoms. The smallest absolute Gasteiger partial charge is 0.208 e. The third kappa shape index (κ3) is 6.64. The van der Waals surface area contributed by atoms with Crippen molar-refractivity contribution in [1.82, 2.24) is 20.3 Å². The fraction of sp³-hybridized carbons (Fsp3) is 0.471. The second kappa shape index (κ2) is 9.54. The number of hydrogen-bond acceptors (Lipinski definition) is 3. The zero-order valence-electron chi connectivity index (χ0n) is 15.1. The van der Waals surface area contributed by atoms with E-state index in [1.165, 1.54) is 12.1 Å². The van der Waals surface area contributed by atoms with Crippen LogP contribution in [-0.2, 0) is 16.4 Å². The fourth-order valence-electron chi connectivity index (χ4n) is 2.54. The molecular weight excluding hydrogens is 357 g/mol. The Labute approximate surface area is 153 Å². The molecule has 0 bridgehead atoms. The van der Waals surface area contributed by atoms with E-state index in [0.717, 1.165) is 35.7 Å². The number of aromatic amines is 1. The molecule has 1 heterocycles. The van der Waals surface area contributed by atoms with Gasteiger partial charge in [0.15, 0.2) is 5.96 Å². The predicted octanol–water partition coefficient (Wildman–Crippen LogP) is 1.34. The number of nitrogens with zero attached hydrogens (tertiary/aromatic N) is 1. The lowest BCUT2D eigenvalue weighted by molar-refractivity contribution is 0.585. The number of halogens is 1. The monoisotopic (exact) mass is 383 g/mol. The van der Waals surface area contributed by atoms with Crippen LogP contribution in [0, 0.1) is 5.82 Å². The molecule has 0 unspecified atom stereocenters. The fourth-order valence-corrected chi connectivity index (χ4v) is 3.06. The summed E-state index contributed by atoms with van der Waals surface area (Å²) in [6, 6.07) is 4.71. The van der Waals surface area contributed by atoms with E-state index < -0.39 is 10.0 Å². The molecular formula is C17H26FN5O2S. The average Bonchev–Trinajstić information content (AvgIpc) is 2.96. The number of hydrogen-bond donors (Lipinski definition) is 4. The standard InChI is InChI=1S/C17H26FN5O2S/c1-3-19-17(20-8-4-9-23-26(2,24)25)21-10-7-13-12-22-16-6-5-14(18)11-15(13)16/h5-6,11-12,22-23H,3-4,7-10H2,1-2H3,(H2,19,20,21). The number of H-pyrrole nitrogens is 1. The summed E-state index contributed by atoms with van der Waals surface area (Å²) in [6.07, 6.45) is 4.38. The van der Waals surface area contributed by atoms with Crippen LogP contribution < -0.4 is 15.4 Å². The molecule has 0 fully saturated rings. The van der Waals surface area contributed by atoms with E-state index in [2.05, 4.69) is 25.3 Å². The molecule has 1 aromatic heterocycles. The summed E-state index contributed by atoms with van der Waals surface area (Å²) in [5.74, 6) is 0.432. The van der Waals surface area contributed by atoms with Crippen LogP contribution >= 0.6 is 0 Å². The number of rotatable bonds is 9. The van der Waals surface area contributed by atoms with Gasteiger partial charge in [0.2, 0.25) is 10.0 Å². The van der Waals surface area contributed by atoms with Gasteiger partial charge >= 0.3 is 0 Å². The number of nitrogens with one attached hydrogen (secondary N) is 4. The zero-order chi connectivity index (χ0) is 19.0. The van der Waals surface area contributed by atoms with Crippen molar-refractivity contribution in [2.75, 3.05) is 32.4 Å². The lowest BCUT2D eigenvalue weighted by atomic mass is 10.1. The number of benzene rings is 1. The summed E-state index contributed by atoms with van der Waals surface area (Å²) in [5.41, 5.74) is 1.96. The molecule has 0 saturated heterocycles. The lowest BCUT2D eigenvalue weighted by Crippen LogP contribution is -2.38. The third-order valence-corrected chi connectivity index (χ3v) is 4.46. The number of aliphatic imine (C=N–C) groups is 1. The van der Waals surface area contributed by atoms with Gasteiger partial charge in [-0.15, -0.1) is 0 Å². The first kappa shape index (κ1) is 20.2. The van der Waals surface area contributed by atoms with E-state index in [0.29, 0.717) is 32.0 Å². The highest BCUT2D eigenvalue weighted by atomic mass is 32.2.